The largest absolute Gasteiger partial charge is 0.785 e. The molecule has 2 unspecified atom stereocenters. The van der Waals surface area contributed by atoms with Gasteiger partial charge in [-0.05, 0) is 39.0 Å². The summed E-state index contributed by atoms with van der Waals surface area (Å²) in [5.41, 5.74) is 0. The van der Waals surface area contributed by atoms with Gasteiger partial charge in [-0.15, -0.1) is 0 Å². The molecular weight excluding hydrogens is 168 g/mol. The van der Waals surface area contributed by atoms with Crippen molar-refractivity contribution < 1.29 is 0 Å². The lowest BCUT2D eigenvalue weighted by atomic mass is 10.1. The summed E-state index contributed by atoms with van der Waals surface area (Å²) in [6, 6.07) is 0.119. The van der Waals surface area contributed by atoms with Gasteiger partial charge < -0.3 is 20.5 Å². The normalized spacial score (nSPS) is 16.6. The maximum absolute atomic E-state index is 10.8. The highest BCUT2D eigenvalue weighted by molar-refractivity contribution is 4.67. The number of rotatable bonds is 6. The maximum atomic E-state index is 10.8. The van der Waals surface area contributed by atoms with Crippen LogP contribution in [0.3, 0.4) is 0 Å². The third-order valence-electron chi connectivity index (χ3n) is 2.49. The van der Waals surface area contributed by atoms with Crippen LogP contribution in [-0.4, -0.2) is 36.3 Å². The molecule has 0 aromatic carbocycles. The van der Waals surface area contributed by atoms with Crippen molar-refractivity contribution in [3.63, 3.8) is 0 Å². The number of hydrogen-bond acceptors (Lipinski definition) is 4. The molecule has 0 aromatic rings. The molecular formula is C9H20N2O2-2. The monoisotopic (exact) mass is 188 g/mol. The van der Waals surface area contributed by atoms with Crippen molar-refractivity contribution >= 4 is 0 Å². The minimum atomic E-state index is 0.0594. The molecule has 0 heterocycles. The SMILES string of the molecule is CC(CCCC(C)N(C)[O-])N(C)[O-]. The number of hydrogen-bond donors (Lipinski definition) is 0. The molecule has 4 heteroatoms. The molecule has 0 spiro atoms. The standard InChI is InChI=1S/C9H20N2O2/c1-8(10(3)12)6-5-7-9(2)11(4)13/h8-9H,5-7H2,1-4H3/q-2. The first-order valence-electron chi connectivity index (χ1n) is 4.75. The number of nitrogens with zero attached hydrogens (tertiary/aromatic N) is 2. The predicted octanol–water partition coefficient (Wildman–Crippen LogP) is 1.79. The molecule has 0 radical (unpaired) electrons. The van der Waals surface area contributed by atoms with Crippen LogP contribution < -0.4 is 0 Å². The van der Waals surface area contributed by atoms with Crippen LogP contribution in [0, 0.1) is 10.4 Å². The first-order chi connectivity index (χ1) is 5.95. The van der Waals surface area contributed by atoms with E-state index in [0.29, 0.717) is 0 Å². The topological polar surface area (TPSA) is 52.6 Å². The first kappa shape index (κ1) is 12.8. The minimum Gasteiger partial charge on any atom is -0.785 e. The van der Waals surface area contributed by atoms with Gasteiger partial charge in [0.1, 0.15) is 0 Å². The third kappa shape index (κ3) is 5.99. The van der Waals surface area contributed by atoms with Crippen molar-refractivity contribution in [3.05, 3.63) is 10.4 Å². The lowest BCUT2D eigenvalue weighted by Crippen LogP contribution is -2.25. The van der Waals surface area contributed by atoms with E-state index in [-0.39, 0.29) is 12.1 Å². The Kier molecular flexibility index (Phi) is 6.24. The van der Waals surface area contributed by atoms with Crippen molar-refractivity contribution in [2.45, 2.75) is 45.2 Å². The highest BCUT2D eigenvalue weighted by Crippen LogP contribution is 2.09. The van der Waals surface area contributed by atoms with Crippen LogP contribution in [0.4, 0.5) is 0 Å². The highest BCUT2D eigenvalue weighted by Gasteiger charge is 2.03. The smallest absolute Gasteiger partial charge is 0.00570 e. The van der Waals surface area contributed by atoms with Gasteiger partial charge in [-0.25, -0.2) is 0 Å². The van der Waals surface area contributed by atoms with Gasteiger partial charge in [-0.3, -0.25) is 0 Å². The predicted molar refractivity (Wildman–Crippen MR) is 55.0 cm³/mol. The number of hydroxylamine groups is 4. The van der Waals surface area contributed by atoms with Gasteiger partial charge >= 0.3 is 0 Å². The quantitative estimate of drug-likeness (QED) is 0.596. The summed E-state index contributed by atoms with van der Waals surface area (Å²) in [4.78, 5) is 0. The Balaban J connectivity index is 3.45. The average molecular weight is 188 g/mol. The van der Waals surface area contributed by atoms with Crippen LogP contribution in [0.1, 0.15) is 33.1 Å². The van der Waals surface area contributed by atoms with Gasteiger partial charge in [-0.1, -0.05) is 20.3 Å². The van der Waals surface area contributed by atoms with E-state index in [4.69, 9.17) is 0 Å². The molecule has 0 N–H and O–H groups in total. The molecule has 0 amide bonds. The van der Waals surface area contributed by atoms with Crippen LogP contribution in [0.5, 0.6) is 0 Å². The van der Waals surface area contributed by atoms with Crippen molar-refractivity contribution in [3.8, 4) is 0 Å². The summed E-state index contributed by atoms with van der Waals surface area (Å²) in [5, 5.41) is 23.5. The van der Waals surface area contributed by atoms with Crippen LogP contribution in [0.2, 0.25) is 0 Å². The Morgan fingerprint density at radius 2 is 1.23 bits per heavy atom. The van der Waals surface area contributed by atoms with E-state index >= 15 is 0 Å². The Hall–Kier alpha value is -0.160. The second kappa shape index (κ2) is 6.32. The third-order valence-corrected chi connectivity index (χ3v) is 2.49. The Bertz CT molecular complexity index is 115. The van der Waals surface area contributed by atoms with Gasteiger partial charge in [0.15, 0.2) is 0 Å². The van der Waals surface area contributed by atoms with E-state index in [1.165, 1.54) is 14.1 Å². The van der Waals surface area contributed by atoms with Crippen LogP contribution in [-0.2, 0) is 0 Å². The lowest BCUT2D eigenvalue weighted by Gasteiger charge is -2.32. The molecule has 4 nitrogen and oxygen atoms in total. The van der Waals surface area contributed by atoms with Gasteiger partial charge in [0, 0.05) is 0 Å². The van der Waals surface area contributed by atoms with Gasteiger partial charge in [-0.2, -0.15) is 0 Å². The van der Waals surface area contributed by atoms with Crippen LogP contribution in [0.15, 0.2) is 0 Å². The highest BCUT2D eigenvalue weighted by atomic mass is 16.5. The summed E-state index contributed by atoms with van der Waals surface area (Å²) in [7, 11) is 3.07. The fourth-order valence-electron chi connectivity index (χ4n) is 1.07. The molecule has 0 aliphatic heterocycles. The van der Waals surface area contributed by atoms with Gasteiger partial charge in [0.2, 0.25) is 0 Å². The Morgan fingerprint density at radius 1 is 0.923 bits per heavy atom. The van der Waals surface area contributed by atoms with Crippen LogP contribution in [0.25, 0.3) is 0 Å². The zero-order chi connectivity index (χ0) is 10.4. The fraction of sp³-hybridized carbons (Fsp3) is 1.00. The van der Waals surface area contributed by atoms with Gasteiger partial charge in [0.05, 0.1) is 0 Å². The summed E-state index contributed by atoms with van der Waals surface area (Å²) in [6.07, 6.45) is 2.65. The summed E-state index contributed by atoms with van der Waals surface area (Å²) in [6.45, 7) is 3.80. The molecule has 0 aliphatic rings. The maximum Gasteiger partial charge on any atom is -0.00570 e. The molecule has 80 valence electrons. The fourth-order valence-corrected chi connectivity index (χ4v) is 1.07. The van der Waals surface area contributed by atoms with E-state index < -0.39 is 0 Å². The minimum absolute atomic E-state index is 0.0594. The molecule has 0 aromatic heterocycles. The molecule has 0 bridgehead atoms. The van der Waals surface area contributed by atoms with E-state index in [1.54, 1.807) is 0 Å². The first-order valence-corrected chi connectivity index (χ1v) is 4.75. The second-order valence-electron chi connectivity index (χ2n) is 3.72. The Morgan fingerprint density at radius 3 is 1.46 bits per heavy atom. The molecule has 0 aliphatic carbocycles. The van der Waals surface area contributed by atoms with E-state index in [0.717, 1.165) is 29.4 Å². The lowest BCUT2D eigenvalue weighted by molar-refractivity contribution is 0.292. The van der Waals surface area contributed by atoms with Gasteiger partial charge in [0.25, 0.3) is 0 Å². The molecule has 13 heavy (non-hydrogen) atoms. The zero-order valence-corrected chi connectivity index (χ0v) is 8.99. The van der Waals surface area contributed by atoms with Crippen molar-refractivity contribution in [2.75, 3.05) is 14.1 Å². The van der Waals surface area contributed by atoms with E-state index in [2.05, 4.69) is 0 Å². The van der Waals surface area contributed by atoms with Crippen molar-refractivity contribution in [1.82, 2.24) is 10.1 Å². The Labute approximate surface area is 80.7 Å². The summed E-state index contributed by atoms with van der Waals surface area (Å²) in [5.74, 6) is 0. The molecule has 0 saturated carbocycles. The van der Waals surface area contributed by atoms with Crippen molar-refractivity contribution in [2.24, 2.45) is 0 Å². The molecule has 2 atom stereocenters. The van der Waals surface area contributed by atoms with Crippen molar-refractivity contribution in [1.29, 1.82) is 0 Å². The summed E-state index contributed by atoms with van der Waals surface area (Å²) >= 11 is 0. The molecule has 0 saturated heterocycles. The average Bonchev–Trinajstić information content (AvgIpc) is 2.03. The van der Waals surface area contributed by atoms with E-state index in [9.17, 15) is 10.4 Å². The molecule has 0 rings (SSSR count). The molecule has 0 fully saturated rings. The summed E-state index contributed by atoms with van der Waals surface area (Å²) < 4.78 is 0. The van der Waals surface area contributed by atoms with Crippen LogP contribution >= 0.6 is 0 Å². The van der Waals surface area contributed by atoms with E-state index in [1.807, 2.05) is 13.8 Å². The zero-order valence-electron chi connectivity index (χ0n) is 8.99. The second-order valence-corrected chi connectivity index (χ2v) is 3.72.